The van der Waals surface area contributed by atoms with Gasteiger partial charge < -0.3 is 5.11 Å². The van der Waals surface area contributed by atoms with Crippen molar-refractivity contribution in [2.24, 2.45) is 0 Å². The molecule has 0 bridgehead atoms. The minimum absolute atomic E-state index is 0.177. The van der Waals surface area contributed by atoms with Gasteiger partial charge in [0.1, 0.15) is 0 Å². The number of aldehydes is 1. The van der Waals surface area contributed by atoms with E-state index in [0.29, 0.717) is 0 Å². The lowest BCUT2D eigenvalue weighted by Crippen LogP contribution is -2.09. The number of carboxylic acids is 1. The molecule has 0 heterocycles. The van der Waals surface area contributed by atoms with Crippen LogP contribution in [0.15, 0.2) is 11.0 Å². The third-order valence-electron chi connectivity index (χ3n) is 2.16. The number of carboxylic acid groups (broad SMARTS) is 1. The lowest BCUT2D eigenvalue weighted by molar-refractivity contribution is 0.0697. The summed E-state index contributed by atoms with van der Waals surface area (Å²) in [5.41, 5.74) is -0.429. The van der Waals surface area contributed by atoms with E-state index < -0.39 is 15.8 Å². The number of hydrogen-bond donors (Lipinski definition) is 1. The van der Waals surface area contributed by atoms with Gasteiger partial charge in [-0.15, -0.1) is 0 Å². The van der Waals surface area contributed by atoms with E-state index in [1.54, 1.807) is 0 Å². The first-order chi connectivity index (χ1) is 7.70. The van der Waals surface area contributed by atoms with Crippen LogP contribution in [-0.4, -0.2) is 32.0 Å². The van der Waals surface area contributed by atoms with E-state index in [0.717, 1.165) is 12.3 Å². The van der Waals surface area contributed by atoms with Gasteiger partial charge in [-0.1, -0.05) is 11.6 Å². The van der Waals surface area contributed by atoms with E-state index in [2.05, 4.69) is 0 Å². The molecule has 0 radical (unpaired) electrons. The maximum atomic E-state index is 11.5. The summed E-state index contributed by atoms with van der Waals surface area (Å²) in [5.74, 6) is -1.32. The van der Waals surface area contributed by atoms with Gasteiger partial charge in [0.2, 0.25) is 0 Å². The van der Waals surface area contributed by atoms with E-state index in [9.17, 15) is 18.0 Å². The normalized spacial score (nSPS) is 11.2. The van der Waals surface area contributed by atoms with Crippen LogP contribution < -0.4 is 0 Å². The van der Waals surface area contributed by atoms with Crippen LogP contribution in [0.2, 0.25) is 5.02 Å². The molecule has 0 spiro atoms. The second-order valence-electron chi connectivity index (χ2n) is 3.49. The highest BCUT2D eigenvalue weighted by Gasteiger charge is 2.23. The van der Waals surface area contributed by atoms with Crippen molar-refractivity contribution >= 4 is 33.7 Å². The Labute approximate surface area is 103 Å². The fraction of sp³-hybridized carbons (Fsp3) is 0.200. The maximum Gasteiger partial charge on any atom is 0.337 e. The first-order valence-corrected chi connectivity index (χ1v) is 6.68. The highest BCUT2D eigenvalue weighted by atomic mass is 35.5. The summed E-state index contributed by atoms with van der Waals surface area (Å²) in [6, 6.07) is 1.13. The molecule has 0 saturated heterocycles. The Hall–Kier alpha value is -1.40. The van der Waals surface area contributed by atoms with Crippen molar-refractivity contribution in [1.29, 1.82) is 0 Å². The molecule has 0 aliphatic rings. The number of aryl methyl sites for hydroxylation is 1. The molecular weight excluding hydrogens is 268 g/mol. The summed E-state index contributed by atoms with van der Waals surface area (Å²) < 4.78 is 23.0. The van der Waals surface area contributed by atoms with Gasteiger partial charge in [-0.25, -0.2) is 13.2 Å². The van der Waals surface area contributed by atoms with Gasteiger partial charge in [-0.2, -0.15) is 0 Å². The highest BCUT2D eigenvalue weighted by Crippen LogP contribution is 2.29. The van der Waals surface area contributed by atoms with E-state index in [-0.39, 0.29) is 32.9 Å². The zero-order valence-electron chi connectivity index (χ0n) is 9.02. The first kappa shape index (κ1) is 13.7. The Morgan fingerprint density at radius 3 is 2.35 bits per heavy atom. The summed E-state index contributed by atoms with van der Waals surface area (Å²) in [6.45, 7) is 1.41. The molecule has 1 aromatic carbocycles. The van der Waals surface area contributed by atoms with Gasteiger partial charge in [0.05, 0.1) is 21.0 Å². The lowest BCUT2D eigenvalue weighted by Gasteiger charge is -2.10. The summed E-state index contributed by atoms with van der Waals surface area (Å²) in [6.07, 6.45) is 1.18. The number of aromatic carboxylic acids is 1. The standard InChI is InChI=1S/C10H9ClO5S/c1-5-3-6(10(13)14)8(11)7(4-12)9(5)17(2,15)16/h3-4H,1-2H3,(H,13,14). The van der Waals surface area contributed by atoms with Crippen molar-refractivity contribution in [1.82, 2.24) is 0 Å². The molecule has 0 aromatic heterocycles. The van der Waals surface area contributed by atoms with Crippen LogP contribution in [0.4, 0.5) is 0 Å². The largest absolute Gasteiger partial charge is 0.478 e. The van der Waals surface area contributed by atoms with Crippen LogP contribution in [0.1, 0.15) is 26.3 Å². The highest BCUT2D eigenvalue weighted by molar-refractivity contribution is 7.90. The Bertz CT molecular complexity index is 604. The predicted molar refractivity (Wildman–Crippen MR) is 61.6 cm³/mol. The number of rotatable bonds is 3. The van der Waals surface area contributed by atoms with Gasteiger partial charge in [-0.05, 0) is 18.6 Å². The molecule has 0 unspecified atom stereocenters. The molecule has 0 fully saturated rings. The van der Waals surface area contributed by atoms with Gasteiger partial charge >= 0.3 is 5.97 Å². The first-order valence-electron chi connectivity index (χ1n) is 4.41. The van der Waals surface area contributed by atoms with Crippen LogP contribution in [0.25, 0.3) is 0 Å². The number of carbonyl (C=O) groups is 2. The van der Waals surface area contributed by atoms with Gasteiger partial charge in [0.15, 0.2) is 16.1 Å². The van der Waals surface area contributed by atoms with E-state index in [1.807, 2.05) is 0 Å². The summed E-state index contributed by atoms with van der Waals surface area (Å²) in [4.78, 5) is 21.5. The maximum absolute atomic E-state index is 11.5. The van der Waals surface area contributed by atoms with Crippen LogP contribution >= 0.6 is 11.6 Å². The second kappa shape index (κ2) is 4.46. The molecule has 92 valence electrons. The fourth-order valence-corrected chi connectivity index (χ4v) is 3.08. The Kier molecular flexibility index (Phi) is 3.59. The van der Waals surface area contributed by atoms with Gasteiger partial charge in [0.25, 0.3) is 0 Å². The Morgan fingerprint density at radius 2 is 2.00 bits per heavy atom. The third-order valence-corrected chi connectivity index (χ3v) is 3.85. The van der Waals surface area contributed by atoms with Crippen molar-refractivity contribution in [3.8, 4) is 0 Å². The predicted octanol–water partition coefficient (Wildman–Crippen LogP) is 1.56. The summed E-state index contributed by atoms with van der Waals surface area (Å²) in [5, 5.41) is 8.49. The van der Waals surface area contributed by atoms with E-state index in [4.69, 9.17) is 16.7 Å². The van der Waals surface area contributed by atoms with Crippen LogP contribution in [0.5, 0.6) is 0 Å². The fourth-order valence-electron chi connectivity index (χ4n) is 1.56. The monoisotopic (exact) mass is 276 g/mol. The molecular formula is C10H9ClO5S. The molecule has 1 N–H and O–H groups in total. The minimum Gasteiger partial charge on any atom is -0.478 e. The molecule has 1 rings (SSSR count). The zero-order chi connectivity index (χ0) is 13.4. The summed E-state index contributed by atoms with van der Waals surface area (Å²) >= 11 is 5.71. The second-order valence-corrected chi connectivity index (χ2v) is 5.82. The third kappa shape index (κ3) is 2.48. The quantitative estimate of drug-likeness (QED) is 0.847. The number of halogens is 1. The molecule has 17 heavy (non-hydrogen) atoms. The van der Waals surface area contributed by atoms with E-state index >= 15 is 0 Å². The molecule has 5 nitrogen and oxygen atoms in total. The smallest absolute Gasteiger partial charge is 0.337 e. The Balaban J connectivity index is 3.84. The average molecular weight is 277 g/mol. The molecule has 1 aromatic rings. The van der Waals surface area contributed by atoms with Crippen LogP contribution in [0, 0.1) is 6.92 Å². The van der Waals surface area contributed by atoms with Crippen molar-refractivity contribution in [3.05, 3.63) is 27.8 Å². The summed E-state index contributed by atoms with van der Waals surface area (Å²) in [7, 11) is -3.65. The topological polar surface area (TPSA) is 88.5 Å². The van der Waals surface area contributed by atoms with Gasteiger partial charge in [-0.3, -0.25) is 4.79 Å². The van der Waals surface area contributed by atoms with Crippen molar-refractivity contribution in [2.45, 2.75) is 11.8 Å². The molecule has 7 heteroatoms. The Morgan fingerprint density at radius 1 is 1.47 bits per heavy atom. The lowest BCUT2D eigenvalue weighted by atomic mass is 10.1. The minimum atomic E-state index is -3.65. The molecule has 0 amide bonds. The zero-order valence-corrected chi connectivity index (χ0v) is 10.6. The van der Waals surface area contributed by atoms with Crippen molar-refractivity contribution in [3.63, 3.8) is 0 Å². The molecule has 0 saturated carbocycles. The SMILES string of the molecule is Cc1cc(C(=O)O)c(Cl)c(C=O)c1S(C)(=O)=O. The van der Waals surface area contributed by atoms with Crippen LogP contribution in [-0.2, 0) is 9.84 Å². The molecule has 0 aliphatic carbocycles. The number of benzene rings is 1. The molecule has 0 aliphatic heterocycles. The number of sulfone groups is 1. The van der Waals surface area contributed by atoms with Crippen LogP contribution in [0.3, 0.4) is 0 Å². The van der Waals surface area contributed by atoms with E-state index in [1.165, 1.54) is 6.92 Å². The van der Waals surface area contributed by atoms with Gasteiger partial charge in [0, 0.05) is 6.26 Å². The molecule has 0 atom stereocenters. The number of hydrogen-bond acceptors (Lipinski definition) is 4. The van der Waals surface area contributed by atoms with Crippen molar-refractivity contribution in [2.75, 3.05) is 6.26 Å². The van der Waals surface area contributed by atoms with Crippen molar-refractivity contribution < 1.29 is 23.1 Å². The number of carbonyl (C=O) groups excluding carboxylic acids is 1. The average Bonchev–Trinajstić information content (AvgIpc) is 2.17.